The Balaban J connectivity index is 1.90. The molecule has 0 unspecified atom stereocenters. The number of hydrogen-bond donors (Lipinski definition) is 2. The highest BCUT2D eigenvalue weighted by Crippen LogP contribution is 2.32. The first-order valence-corrected chi connectivity index (χ1v) is 7.79. The van der Waals surface area contributed by atoms with Gasteiger partial charge in [0.2, 0.25) is 0 Å². The zero-order chi connectivity index (χ0) is 18.9. The fourth-order valence-electron chi connectivity index (χ4n) is 2.50. The van der Waals surface area contributed by atoms with Crippen molar-refractivity contribution in [3.8, 4) is 22.9 Å². The summed E-state index contributed by atoms with van der Waals surface area (Å²) in [6.07, 6.45) is 2.73. The Labute approximate surface area is 148 Å². The highest BCUT2D eigenvalue weighted by atomic mass is 19.3. The van der Waals surface area contributed by atoms with Crippen LogP contribution in [0, 0.1) is 6.92 Å². The fourth-order valence-corrected chi connectivity index (χ4v) is 2.50. The maximum absolute atomic E-state index is 13.4. The summed E-state index contributed by atoms with van der Waals surface area (Å²) in [6.45, 7) is 2.48. The van der Waals surface area contributed by atoms with Gasteiger partial charge in [0.1, 0.15) is 11.5 Å². The Kier molecular flexibility index (Phi) is 4.46. The van der Waals surface area contributed by atoms with Crippen molar-refractivity contribution in [1.29, 1.82) is 0 Å². The van der Waals surface area contributed by atoms with Crippen LogP contribution in [0.5, 0.6) is 11.5 Å². The van der Waals surface area contributed by atoms with Crippen molar-refractivity contribution >= 4 is 5.97 Å². The molecule has 2 aromatic heterocycles. The minimum Gasteiger partial charge on any atom is -0.478 e. The summed E-state index contributed by atoms with van der Waals surface area (Å²) in [7, 11) is 0. The quantitative estimate of drug-likeness (QED) is 0.674. The van der Waals surface area contributed by atoms with Crippen LogP contribution in [0.15, 0.2) is 48.8 Å². The second kappa shape index (κ2) is 6.59. The van der Waals surface area contributed by atoms with Gasteiger partial charge in [-0.2, -0.15) is 0 Å². The third-order valence-electron chi connectivity index (χ3n) is 3.94. The number of nitrogens with zero attached hydrogens (tertiary/aromatic N) is 1. The first-order chi connectivity index (χ1) is 12.3. The van der Waals surface area contributed by atoms with E-state index >= 15 is 0 Å². The van der Waals surface area contributed by atoms with E-state index in [1.165, 1.54) is 24.5 Å². The number of rotatable bonds is 5. The molecule has 0 fully saturated rings. The molecule has 2 heterocycles. The van der Waals surface area contributed by atoms with E-state index in [0.717, 1.165) is 6.92 Å². The van der Waals surface area contributed by atoms with Crippen molar-refractivity contribution in [2.24, 2.45) is 0 Å². The first-order valence-electron chi connectivity index (χ1n) is 7.79. The number of H-pyrrole nitrogens is 1. The number of hydrogen-bond acceptors (Lipinski definition) is 3. The molecule has 0 aliphatic carbocycles. The van der Waals surface area contributed by atoms with Gasteiger partial charge in [0.05, 0.1) is 17.0 Å². The molecular formula is C19H16F2N2O3. The molecule has 26 heavy (non-hydrogen) atoms. The lowest BCUT2D eigenvalue weighted by Gasteiger charge is -2.11. The van der Waals surface area contributed by atoms with Gasteiger partial charge in [0.25, 0.3) is 5.92 Å². The van der Waals surface area contributed by atoms with Crippen LogP contribution in [-0.4, -0.2) is 21.0 Å². The number of carboxylic acid groups (broad SMARTS) is 1. The van der Waals surface area contributed by atoms with Crippen LogP contribution in [0.4, 0.5) is 8.78 Å². The third-order valence-corrected chi connectivity index (χ3v) is 3.94. The SMILES string of the molecule is Cc1c(Oc2ccnc(-c3cc(C(C)(F)F)c[nH]3)c2)cccc1C(=O)O. The molecule has 0 bridgehead atoms. The number of nitrogens with one attached hydrogen (secondary N) is 1. The van der Waals surface area contributed by atoms with Gasteiger partial charge in [-0.15, -0.1) is 0 Å². The van der Waals surface area contributed by atoms with E-state index in [0.29, 0.717) is 28.5 Å². The first kappa shape index (κ1) is 17.6. The monoisotopic (exact) mass is 358 g/mol. The predicted octanol–water partition coefficient (Wildman–Crippen LogP) is 4.99. The lowest BCUT2D eigenvalue weighted by Crippen LogP contribution is -2.04. The number of aromatic carboxylic acids is 1. The highest BCUT2D eigenvalue weighted by Gasteiger charge is 2.25. The van der Waals surface area contributed by atoms with Crippen molar-refractivity contribution in [3.63, 3.8) is 0 Å². The molecule has 0 aliphatic rings. The van der Waals surface area contributed by atoms with Gasteiger partial charge in [0, 0.05) is 36.5 Å². The van der Waals surface area contributed by atoms with Crippen LogP contribution in [-0.2, 0) is 5.92 Å². The highest BCUT2D eigenvalue weighted by molar-refractivity contribution is 5.90. The van der Waals surface area contributed by atoms with Crippen molar-refractivity contribution in [1.82, 2.24) is 9.97 Å². The van der Waals surface area contributed by atoms with Crippen LogP contribution in [0.2, 0.25) is 0 Å². The normalized spacial score (nSPS) is 11.4. The predicted molar refractivity (Wildman–Crippen MR) is 91.8 cm³/mol. The molecule has 3 rings (SSSR count). The average Bonchev–Trinajstić information content (AvgIpc) is 3.07. The number of carboxylic acids is 1. The summed E-state index contributed by atoms with van der Waals surface area (Å²) >= 11 is 0. The standard InChI is InChI=1S/C19H16F2N2O3/c1-11-14(18(24)25)4-3-5-17(11)26-13-6-7-22-16(9-13)15-8-12(10-23-15)19(2,20)21/h3-10,23H,1-2H3,(H,24,25). The van der Waals surface area contributed by atoms with Gasteiger partial charge in [-0.25, -0.2) is 13.6 Å². The van der Waals surface area contributed by atoms with Crippen molar-refractivity contribution in [2.45, 2.75) is 19.8 Å². The second-order valence-electron chi connectivity index (χ2n) is 5.90. The van der Waals surface area contributed by atoms with Gasteiger partial charge >= 0.3 is 5.97 Å². The van der Waals surface area contributed by atoms with Gasteiger partial charge < -0.3 is 14.8 Å². The number of ether oxygens (including phenoxy) is 1. The molecule has 0 atom stereocenters. The van der Waals surface area contributed by atoms with E-state index in [-0.39, 0.29) is 11.1 Å². The Morgan fingerprint density at radius 3 is 2.69 bits per heavy atom. The van der Waals surface area contributed by atoms with Crippen molar-refractivity contribution < 1.29 is 23.4 Å². The maximum atomic E-state index is 13.4. The topological polar surface area (TPSA) is 75.2 Å². The lowest BCUT2D eigenvalue weighted by molar-refractivity contribution is 0.0176. The van der Waals surface area contributed by atoms with Crippen LogP contribution in [0.3, 0.4) is 0 Å². The van der Waals surface area contributed by atoms with Crippen LogP contribution >= 0.6 is 0 Å². The van der Waals surface area contributed by atoms with E-state index < -0.39 is 11.9 Å². The summed E-state index contributed by atoms with van der Waals surface area (Å²) in [5.74, 6) is -3.17. The van der Waals surface area contributed by atoms with E-state index in [9.17, 15) is 18.7 Å². The number of halogens is 2. The number of aromatic amines is 1. The van der Waals surface area contributed by atoms with Crippen molar-refractivity contribution in [3.05, 3.63) is 65.5 Å². The molecular weight excluding hydrogens is 342 g/mol. The maximum Gasteiger partial charge on any atom is 0.336 e. The largest absolute Gasteiger partial charge is 0.478 e. The van der Waals surface area contributed by atoms with Gasteiger partial charge in [0.15, 0.2) is 0 Å². The van der Waals surface area contributed by atoms with Crippen LogP contribution in [0.1, 0.15) is 28.4 Å². The molecule has 7 heteroatoms. The molecule has 0 saturated carbocycles. The smallest absolute Gasteiger partial charge is 0.336 e. The average molecular weight is 358 g/mol. The molecule has 5 nitrogen and oxygen atoms in total. The van der Waals surface area contributed by atoms with Crippen molar-refractivity contribution in [2.75, 3.05) is 0 Å². The Morgan fingerprint density at radius 2 is 2.04 bits per heavy atom. The minimum atomic E-state index is -2.95. The Bertz CT molecular complexity index is 961. The zero-order valence-corrected chi connectivity index (χ0v) is 14.1. The van der Waals surface area contributed by atoms with Gasteiger partial charge in [-0.1, -0.05) is 6.07 Å². The third kappa shape index (κ3) is 3.56. The van der Waals surface area contributed by atoms with Gasteiger partial charge in [-0.05, 0) is 31.2 Å². The summed E-state index contributed by atoms with van der Waals surface area (Å²) in [5.41, 5.74) is 1.38. The molecule has 0 spiro atoms. The van der Waals surface area contributed by atoms with E-state index in [1.54, 1.807) is 31.2 Å². The van der Waals surface area contributed by atoms with Gasteiger partial charge in [-0.3, -0.25) is 4.98 Å². The number of pyridine rings is 1. The van der Waals surface area contributed by atoms with Crippen LogP contribution < -0.4 is 4.74 Å². The summed E-state index contributed by atoms with van der Waals surface area (Å²) in [6, 6.07) is 9.28. The van der Waals surface area contributed by atoms with E-state index in [2.05, 4.69) is 9.97 Å². The van der Waals surface area contributed by atoms with E-state index in [4.69, 9.17) is 4.74 Å². The minimum absolute atomic E-state index is 0.134. The number of aromatic nitrogens is 2. The Morgan fingerprint density at radius 1 is 1.27 bits per heavy atom. The molecule has 1 aromatic carbocycles. The molecule has 2 N–H and O–H groups in total. The number of carbonyl (C=O) groups is 1. The number of alkyl halides is 2. The molecule has 0 amide bonds. The molecule has 0 aliphatic heterocycles. The summed E-state index contributed by atoms with van der Waals surface area (Å²) in [4.78, 5) is 18.2. The fraction of sp³-hybridized carbons (Fsp3) is 0.158. The van der Waals surface area contributed by atoms with Crippen LogP contribution in [0.25, 0.3) is 11.4 Å². The molecule has 134 valence electrons. The molecule has 3 aromatic rings. The lowest BCUT2D eigenvalue weighted by atomic mass is 10.1. The molecule has 0 saturated heterocycles. The molecule has 0 radical (unpaired) electrons. The zero-order valence-electron chi connectivity index (χ0n) is 14.1. The van der Waals surface area contributed by atoms with E-state index in [1.807, 2.05) is 0 Å². The number of benzene rings is 1. The Hall–Kier alpha value is -3.22. The summed E-state index contributed by atoms with van der Waals surface area (Å²) < 4.78 is 32.5. The second-order valence-corrected chi connectivity index (χ2v) is 5.90. The summed E-state index contributed by atoms with van der Waals surface area (Å²) in [5, 5.41) is 9.19.